The van der Waals surface area contributed by atoms with Crippen molar-refractivity contribution >= 4 is 31.9 Å². The van der Waals surface area contributed by atoms with Crippen LogP contribution in [0.1, 0.15) is 27.7 Å². The predicted molar refractivity (Wildman–Crippen MR) is 56.8 cm³/mol. The maximum atomic E-state index is 5.68. The van der Waals surface area contributed by atoms with Gasteiger partial charge in [0.15, 0.2) is 0 Å². The highest BCUT2D eigenvalue weighted by atomic mass is 79.9. The van der Waals surface area contributed by atoms with E-state index >= 15 is 0 Å². The summed E-state index contributed by atoms with van der Waals surface area (Å²) in [5.41, 5.74) is 0. The maximum absolute atomic E-state index is 5.68. The van der Waals surface area contributed by atoms with E-state index in [1.165, 1.54) is 0 Å². The Bertz CT molecular complexity index is 92.3. The van der Waals surface area contributed by atoms with Crippen LogP contribution in [-0.4, -0.2) is 21.9 Å². The molecule has 4 unspecified atom stereocenters. The molecule has 0 heterocycles. The minimum absolute atomic E-state index is 0.269. The molecule has 0 aromatic rings. The smallest absolute Gasteiger partial charge is 0.0673 e. The molecule has 0 aromatic carbocycles. The zero-order valence-electron chi connectivity index (χ0n) is 7.47. The Kier molecular flexibility index (Phi) is 6.01. The summed E-state index contributed by atoms with van der Waals surface area (Å²) in [6.45, 7) is 8.34. The first-order valence-corrected chi connectivity index (χ1v) is 5.72. The third kappa shape index (κ3) is 5.21. The lowest BCUT2D eigenvalue weighted by molar-refractivity contribution is 0.0131. The van der Waals surface area contributed by atoms with Gasteiger partial charge in [0.1, 0.15) is 0 Å². The minimum Gasteiger partial charge on any atom is -0.373 e. The second-order valence-electron chi connectivity index (χ2n) is 2.90. The second kappa shape index (κ2) is 5.55. The summed E-state index contributed by atoms with van der Waals surface area (Å²) in [5.74, 6) is 0. The molecule has 1 nitrogen and oxygen atoms in total. The second-order valence-corrected chi connectivity index (χ2v) is 5.79. The standard InChI is InChI=1S/C8H16Br2O/c1-5(9)7(3)11-8(4)6(2)10/h5-8H,1-4H3. The molecule has 0 spiro atoms. The summed E-state index contributed by atoms with van der Waals surface area (Å²) in [5, 5.41) is 0. The lowest BCUT2D eigenvalue weighted by Crippen LogP contribution is -2.27. The molecule has 4 atom stereocenters. The minimum atomic E-state index is 0.269. The molecule has 0 bridgehead atoms. The topological polar surface area (TPSA) is 9.23 Å². The van der Waals surface area contributed by atoms with Crippen molar-refractivity contribution in [2.24, 2.45) is 0 Å². The van der Waals surface area contributed by atoms with Crippen molar-refractivity contribution in [2.75, 3.05) is 0 Å². The van der Waals surface area contributed by atoms with Crippen LogP contribution in [0.4, 0.5) is 0 Å². The average molecular weight is 288 g/mol. The Morgan fingerprint density at radius 2 is 1.09 bits per heavy atom. The molecule has 0 rings (SSSR count). The molecule has 0 aliphatic carbocycles. The van der Waals surface area contributed by atoms with Crippen LogP contribution in [-0.2, 0) is 4.74 Å². The van der Waals surface area contributed by atoms with Crippen LogP contribution in [0, 0.1) is 0 Å². The summed E-state index contributed by atoms with van der Waals surface area (Å²) in [7, 11) is 0. The van der Waals surface area contributed by atoms with Crippen LogP contribution in [0.25, 0.3) is 0 Å². The van der Waals surface area contributed by atoms with Gasteiger partial charge >= 0.3 is 0 Å². The van der Waals surface area contributed by atoms with Gasteiger partial charge in [-0.25, -0.2) is 0 Å². The van der Waals surface area contributed by atoms with Crippen LogP contribution in [0.15, 0.2) is 0 Å². The van der Waals surface area contributed by atoms with E-state index < -0.39 is 0 Å². The molecular formula is C8H16Br2O. The van der Waals surface area contributed by atoms with Gasteiger partial charge in [-0.15, -0.1) is 0 Å². The Morgan fingerprint density at radius 3 is 1.27 bits per heavy atom. The van der Waals surface area contributed by atoms with Crippen LogP contribution < -0.4 is 0 Å². The van der Waals surface area contributed by atoms with E-state index in [1.807, 2.05) is 0 Å². The monoisotopic (exact) mass is 286 g/mol. The van der Waals surface area contributed by atoms with Crippen molar-refractivity contribution in [2.45, 2.75) is 49.6 Å². The zero-order valence-corrected chi connectivity index (χ0v) is 10.6. The number of rotatable bonds is 4. The largest absolute Gasteiger partial charge is 0.373 e. The molecule has 0 amide bonds. The zero-order chi connectivity index (χ0) is 9.02. The van der Waals surface area contributed by atoms with Gasteiger partial charge in [0, 0.05) is 9.65 Å². The van der Waals surface area contributed by atoms with E-state index in [2.05, 4.69) is 59.6 Å². The molecule has 0 fully saturated rings. The first-order chi connectivity index (χ1) is 4.95. The van der Waals surface area contributed by atoms with E-state index in [4.69, 9.17) is 4.74 Å². The van der Waals surface area contributed by atoms with Crippen molar-refractivity contribution in [3.8, 4) is 0 Å². The first kappa shape index (κ1) is 11.9. The van der Waals surface area contributed by atoms with Crippen molar-refractivity contribution in [1.29, 1.82) is 0 Å². The van der Waals surface area contributed by atoms with Crippen molar-refractivity contribution < 1.29 is 4.74 Å². The van der Waals surface area contributed by atoms with E-state index in [-0.39, 0.29) is 12.2 Å². The van der Waals surface area contributed by atoms with Gasteiger partial charge in [0.25, 0.3) is 0 Å². The number of ether oxygens (including phenoxy) is 1. The summed E-state index contributed by atoms with van der Waals surface area (Å²) in [4.78, 5) is 0.826. The summed E-state index contributed by atoms with van der Waals surface area (Å²) < 4.78 is 5.68. The molecule has 0 aromatic heterocycles. The van der Waals surface area contributed by atoms with Gasteiger partial charge in [-0.2, -0.15) is 0 Å². The molecule has 0 aliphatic heterocycles. The quantitative estimate of drug-likeness (QED) is 0.721. The van der Waals surface area contributed by atoms with E-state index in [9.17, 15) is 0 Å². The van der Waals surface area contributed by atoms with Crippen LogP contribution in [0.3, 0.4) is 0 Å². The van der Waals surface area contributed by atoms with Gasteiger partial charge in [-0.3, -0.25) is 0 Å². The third-order valence-corrected chi connectivity index (χ3v) is 3.21. The molecule has 68 valence electrons. The Morgan fingerprint density at radius 1 is 0.818 bits per heavy atom. The van der Waals surface area contributed by atoms with Crippen LogP contribution in [0.5, 0.6) is 0 Å². The third-order valence-electron chi connectivity index (χ3n) is 1.72. The van der Waals surface area contributed by atoms with Gasteiger partial charge in [-0.05, 0) is 13.8 Å². The lowest BCUT2D eigenvalue weighted by Gasteiger charge is -2.22. The normalized spacial score (nSPS) is 22.4. The number of alkyl halides is 2. The molecule has 11 heavy (non-hydrogen) atoms. The Balaban J connectivity index is 3.66. The van der Waals surface area contributed by atoms with Crippen molar-refractivity contribution in [3.63, 3.8) is 0 Å². The Labute approximate surface area is 86.1 Å². The molecule has 0 radical (unpaired) electrons. The molecule has 0 N–H and O–H groups in total. The first-order valence-electron chi connectivity index (χ1n) is 3.88. The van der Waals surface area contributed by atoms with Crippen molar-refractivity contribution in [3.05, 3.63) is 0 Å². The number of hydrogen-bond donors (Lipinski definition) is 0. The molecule has 3 heteroatoms. The summed E-state index contributed by atoms with van der Waals surface area (Å²) >= 11 is 6.95. The maximum Gasteiger partial charge on any atom is 0.0673 e. The number of hydrogen-bond acceptors (Lipinski definition) is 1. The summed E-state index contributed by atoms with van der Waals surface area (Å²) in [6.07, 6.45) is 0.537. The van der Waals surface area contributed by atoms with Gasteiger partial charge in [0.05, 0.1) is 12.2 Å². The summed E-state index contributed by atoms with van der Waals surface area (Å²) in [6, 6.07) is 0. The van der Waals surface area contributed by atoms with Crippen LogP contribution >= 0.6 is 31.9 Å². The average Bonchev–Trinajstić information content (AvgIpc) is 1.87. The van der Waals surface area contributed by atoms with Gasteiger partial charge in [-0.1, -0.05) is 45.7 Å². The fraction of sp³-hybridized carbons (Fsp3) is 1.00. The lowest BCUT2D eigenvalue weighted by atomic mass is 10.2. The molecule has 0 saturated heterocycles. The fourth-order valence-electron chi connectivity index (χ4n) is 0.555. The SMILES string of the molecule is CC(Br)C(C)OC(C)C(C)Br. The highest BCUT2D eigenvalue weighted by Gasteiger charge is 2.15. The van der Waals surface area contributed by atoms with E-state index in [0.29, 0.717) is 9.65 Å². The van der Waals surface area contributed by atoms with Crippen LogP contribution in [0.2, 0.25) is 0 Å². The van der Waals surface area contributed by atoms with E-state index in [0.717, 1.165) is 0 Å². The Hall–Kier alpha value is 0.920. The van der Waals surface area contributed by atoms with Crippen molar-refractivity contribution in [1.82, 2.24) is 0 Å². The molecular weight excluding hydrogens is 272 g/mol. The highest BCUT2D eigenvalue weighted by Crippen LogP contribution is 2.15. The fourth-order valence-corrected chi connectivity index (χ4v) is 0.804. The van der Waals surface area contributed by atoms with Gasteiger partial charge in [0.2, 0.25) is 0 Å². The van der Waals surface area contributed by atoms with Gasteiger partial charge < -0.3 is 4.74 Å². The number of halogens is 2. The predicted octanol–water partition coefficient (Wildman–Crippen LogP) is 3.35. The van der Waals surface area contributed by atoms with E-state index in [1.54, 1.807) is 0 Å². The molecule has 0 aliphatic rings. The highest BCUT2D eigenvalue weighted by molar-refractivity contribution is 9.09. The molecule has 0 saturated carbocycles.